The normalized spacial score (nSPS) is 10.4. The van der Waals surface area contributed by atoms with E-state index >= 15 is 0 Å². The summed E-state index contributed by atoms with van der Waals surface area (Å²) in [6.07, 6.45) is 0. The van der Waals surface area contributed by atoms with Crippen LogP contribution in [0.2, 0.25) is 0 Å². The number of ether oxygens (including phenoxy) is 4. The first kappa shape index (κ1) is 23.9. The van der Waals surface area contributed by atoms with Gasteiger partial charge in [-0.15, -0.1) is 10.2 Å². The molecule has 0 unspecified atom stereocenters. The Morgan fingerprint density at radius 2 is 1.64 bits per heavy atom. The molecule has 1 N–H and O–H groups in total. The van der Waals surface area contributed by atoms with Crippen LogP contribution >= 0.6 is 11.8 Å². The van der Waals surface area contributed by atoms with Gasteiger partial charge in [0.2, 0.25) is 0 Å². The van der Waals surface area contributed by atoms with E-state index in [9.17, 15) is 9.59 Å². The molecular weight excluding hydrogens is 448 g/mol. The zero-order valence-electron chi connectivity index (χ0n) is 18.7. The van der Waals surface area contributed by atoms with Crippen LogP contribution in [-0.2, 0) is 16.1 Å². The minimum atomic E-state index is -0.384. The molecule has 0 saturated heterocycles. The first-order chi connectivity index (χ1) is 16.0. The van der Waals surface area contributed by atoms with Gasteiger partial charge in [0.25, 0.3) is 5.91 Å². The van der Waals surface area contributed by atoms with Crippen LogP contribution in [0.1, 0.15) is 16.2 Å². The summed E-state index contributed by atoms with van der Waals surface area (Å²) in [6.45, 7) is 0.0891. The minimum Gasteiger partial charge on any atom is -0.497 e. The van der Waals surface area contributed by atoms with Crippen molar-refractivity contribution in [3.05, 3.63) is 53.9 Å². The molecule has 1 heterocycles. The van der Waals surface area contributed by atoms with Gasteiger partial charge in [-0.25, -0.2) is 0 Å². The lowest BCUT2D eigenvalue weighted by molar-refractivity contribution is -0.137. The van der Waals surface area contributed by atoms with Gasteiger partial charge in [-0.2, -0.15) is 0 Å². The number of benzene rings is 2. The average molecular weight is 473 g/mol. The third kappa shape index (κ3) is 5.75. The van der Waals surface area contributed by atoms with Gasteiger partial charge >= 0.3 is 5.97 Å². The number of amides is 1. The second-order valence-electron chi connectivity index (χ2n) is 6.55. The molecule has 10 nitrogen and oxygen atoms in total. The van der Waals surface area contributed by atoms with E-state index < -0.39 is 0 Å². The summed E-state index contributed by atoms with van der Waals surface area (Å²) in [6, 6.07) is 12.2. The Hall–Kier alpha value is -3.73. The largest absolute Gasteiger partial charge is 0.497 e. The SMILES string of the molecule is COC(=O)CSc1nnc(CNC(=O)c2ccc(OC)cc2OC)n1-c1ccc(OC)cc1. The number of carbonyl (C=O) groups excluding carboxylic acids is 2. The fraction of sp³-hybridized carbons (Fsp3) is 0.273. The van der Waals surface area contributed by atoms with E-state index in [2.05, 4.69) is 15.5 Å². The number of aromatic nitrogens is 3. The molecule has 0 radical (unpaired) electrons. The van der Waals surface area contributed by atoms with Gasteiger partial charge in [-0.3, -0.25) is 14.2 Å². The van der Waals surface area contributed by atoms with Crippen LogP contribution in [0.4, 0.5) is 0 Å². The van der Waals surface area contributed by atoms with E-state index in [1.54, 1.807) is 42.0 Å². The summed E-state index contributed by atoms with van der Waals surface area (Å²) in [5, 5.41) is 11.7. The molecular formula is C22H24N4O6S. The van der Waals surface area contributed by atoms with Crippen LogP contribution in [0, 0.1) is 0 Å². The highest BCUT2D eigenvalue weighted by atomic mass is 32.2. The number of methoxy groups -OCH3 is 4. The van der Waals surface area contributed by atoms with Crippen molar-refractivity contribution < 1.29 is 28.5 Å². The smallest absolute Gasteiger partial charge is 0.316 e. The first-order valence-electron chi connectivity index (χ1n) is 9.79. The fourth-order valence-electron chi connectivity index (χ4n) is 2.92. The first-order valence-corrected chi connectivity index (χ1v) is 10.8. The summed E-state index contributed by atoms with van der Waals surface area (Å²) in [7, 11) is 5.93. The Morgan fingerprint density at radius 3 is 2.27 bits per heavy atom. The summed E-state index contributed by atoms with van der Waals surface area (Å²) >= 11 is 1.18. The maximum absolute atomic E-state index is 12.8. The lowest BCUT2D eigenvalue weighted by atomic mass is 10.1. The van der Waals surface area contributed by atoms with Crippen molar-refractivity contribution in [3.63, 3.8) is 0 Å². The molecule has 0 spiro atoms. The summed E-state index contributed by atoms with van der Waals surface area (Å²) in [5.74, 6) is 1.48. The van der Waals surface area contributed by atoms with Gasteiger partial charge in [0, 0.05) is 11.8 Å². The third-order valence-electron chi connectivity index (χ3n) is 4.64. The van der Waals surface area contributed by atoms with Crippen molar-refractivity contribution in [2.24, 2.45) is 0 Å². The van der Waals surface area contributed by atoms with Crippen molar-refractivity contribution in [1.82, 2.24) is 20.1 Å². The zero-order chi connectivity index (χ0) is 23.8. The molecule has 0 aliphatic rings. The van der Waals surface area contributed by atoms with Crippen molar-refractivity contribution in [2.45, 2.75) is 11.7 Å². The van der Waals surface area contributed by atoms with Crippen LogP contribution in [0.5, 0.6) is 17.2 Å². The molecule has 11 heteroatoms. The Bertz CT molecular complexity index is 1120. The van der Waals surface area contributed by atoms with E-state index in [4.69, 9.17) is 18.9 Å². The Kier molecular flexibility index (Phi) is 8.14. The number of nitrogens with one attached hydrogen (secondary N) is 1. The molecule has 33 heavy (non-hydrogen) atoms. The van der Waals surface area contributed by atoms with Crippen molar-refractivity contribution in [2.75, 3.05) is 34.2 Å². The predicted octanol–water partition coefficient (Wildman–Crippen LogP) is 2.49. The number of rotatable bonds is 10. The maximum atomic E-state index is 12.8. The molecule has 2 aromatic carbocycles. The highest BCUT2D eigenvalue weighted by Gasteiger charge is 2.19. The van der Waals surface area contributed by atoms with Crippen LogP contribution in [-0.4, -0.2) is 60.8 Å². The van der Waals surface area contributed by atoms with Crippen molar-refractivity contribution in [3.8, 4) is 22.9 Å². The number of esters is 1. The molecule has 3 aromatic rings. The van der Waals surface area contributed by atoms with Gasteiger partial charge in [0.15, 0.2) is 11.0 Å². The highest BCUT2D eigenvalue weighted by Crippen LogP contribution is 2.26. The molecule has 0 bridgehead atoms. The van der Waals surface area contributed by atoms with E-state index in [1.807, 2.05) is 12.1 Å². The van der Waals surface area contributed by atoms with Crippen molar-refractivity contribution in [1.29, 1.82) is 0 Å². The molecule has 0 aliphatic carbocycles. The van der Waals surface area contributed by atoms with Gasteiger partial charge in [-0.1, -0.05) is 11.8 Å². The molecule has 174 valence electrons. The number of nitrogens with zero attached hydrogens (tertiary/aromatic N) is 3. The number of thioether (sulfide) groups is 1. The molecule has 0 aliphatic heterocycles. The van der Waals surface area contributed by atoms with Gasteiger partial charge in [0.05, 0.1) is 46.3 Å². The van der Waals surface area contributed by atoms with Crippen LogP contribution < -0.4 is 19.5 Å². The zero-order valence-corrected chi connectivity index (χ0v) is 19.5. The predicted molar refractivity (Wildman–Crippen MR) is 121 cm³/mol. The molecule has 0 fully saturated rings. The second-order valence-corrected chi connectivity index (χ2v) is 7.49. The highest BCUT2D eigenvalue weighted by molar-refractivity contribution is 7.99. The quantitative estimate of drug-likeness (QED) is 0.351. The fourth-order valence-corrected chi connectivity index (χ4v) is 3.73. The van der Waals surface area contributed by atoms with Crippen molar-refractivity contribution >= 4 is 23.6 Å². The molecule has 1 amide bonds. The molecule has 1 aromatic heterocycles. The molecule has 0 saturated carbocycles. The lowest BCUT2D eigenvalue weighted by Gasteiger charge is -2.13. The van der Waals surface area contributed by atoms with E-state index in [0.29, 0.717) is 33.8 Å². The van der Waals surface area contributed by atoms with Crippen LogP contribution in [0.25, 0.3) is 5.69 Å². The monoisotopic (exact) mass is 472 g/mol. The maximum Gasteiger partial charge on any atom is 0.316 e. The Morgan fingerprint density at radius 1 is 0.939 bits per heavy atom. The third-order valence-corrected chi connectivity index (χ3v) is 5.54. The van der Waals surface area contributed by atoms with Gasteiger partial charge in [-0.05, 0) is 36.4 Å². The number of hydrogen-bond acceptors (Lipinski definition) is 9. The van der Waals surface area contributed by atoms with Crippen LogP contribution in [0.3, 0.4) is 0 Å². The number of carbonyl (C=O) groups is 2. The summed E-state index contributed by atoms with van der Waals surface area (Å²) in [4.78, 5) is 24.4. The molecule has 0 atom stereocenters. The summed E-state index contributed by atoms with van der Waals surface area (Å²) < 4.78 is 22.2. The Labute approximate surface area is 195 Å². The standard InChI is InChI=1S/C22H24N4O6S/c1-29-15-7-5-14(6-8-15)26-19(24-25-22(26)33-13-20(27)32-4)12-23-21(28)17-10-9-16(30-2)11-18(17)31-3/h5-11H,12-13H2,1-4H3,(H,23,28). The van der Waals surface area contributed by atoms with E-state index in [-0.39, 0.29) is 24.2 Å². The Balaban J connectivity index is 1.85. The van der Waals surface area contributed by atoms with E-state index in [0.717, 1.165) is 5.69 Å². The van der Waals surface area contributed by atoms with E-state index in [1.165, 1.54) is 33.1 Å². The second kappa shape index (κ2) is 11.2. The summed E-state index contributed by atoms with van der Waals surface area (Å²) in [5.41, 5.74) is 1.11. The van der Waals surface area contributed by atoms with Gasteiger partial charge in [0.1, 0.15) is 17.2 Å². The number of hydrogen-bond donors (Lipinski definition) is 1. The lowest BCUT2D eigenvalue weighted by Crippen LogP contribution is -2.25. The van der Waals surface area contributed by atoms with Crippen LogP contribution in [0.15, 0.2) is 47.6 Å². The average Bonchev–Trinajstić information content (AvgIpc) is 3.27. The topological polar surface area (TPSA) is 114 Å². The van der Waals surface area contributed by atoms with Gasteiger partial charge < -0.3 is 24.3 Å². The molecule has 3 rings (SSSR count). The minimum absolute atomic E-state index is 0.0696.